The van der Waals surface area contributed by atoms with Crippen molar-refractivity contribution in [1.82, 2.24) is 0 Å². The van der Waals surface area contributed by atoms with Gasteiger partial charge in [0.2, 0.25) is 0 Å². The maximum Gasteiger partial charge on any atom is 0.0662 e. The molecule has 2 rings (SSSR count). The summed E-state index contributed by atoms with van der Waals surface area (Å²) in [6.45, 7) is 0. The van der Waals surface area contributed by atoms with Crippen molar-refractivity contribution in [3.05, 3.63) is 29.3 Å². The van der Waals surface area contributed by atoms with Crippen molar-refractivity contribution in [3.8, 4) is 0 Å². The molecule has 0 saturated heterocycles. The van der Waals surface area contributed by atoms with E-state index in [4.69, 9.17) is 11.6 Å². The van der Waals surface area contributed by atoms with E-state index >= 15 is 0 Å². The molecule has 3 heteroatoms. The van der Waals surface area contributed by atoms with E-state index in [0.29, 0.717) is 5.92 Å². The average Bonchev–Trinajstić information content (AvgIpc) is 2.39. The number of benzene rings is 1. The van der Waals surface area contributed by atoms with Gasteiger partial charge in [0.15, 0.2) is 0 Å². The van der Waals surface area contributed by atoms with Gasteiger partial charge in [-0.1, -0.05) is 30.9 Å². The summed E-state index contributed by atoms with van der Waals surface area (Å²) in [5.41, 5.74) is 0. The summed E-state index contributed by atoms with van der Waals surface area (Å²) in [6, 6.07) is 7.83. The minimum Gasteiger partial charge on any atom is -0.392 e. The van der Waals surface area contributed by atoms with Gasteiger partial charge in [-0.2, -0.15) is 0 Å². The van der Waals surface area contributed by atoms with E-state index in [-0.39, 0.29) is 6.10 Å². The monoisotopic (exact) mass is 270 g/mol. The molecule has 1 aliphatic rings. The third-order valence-electron chi connectivity index (χ3n) is 3.43. The maximum atomic E-state index is 10.1. The summed E-state index contributed by atoms with van der Waals surface area (Å²) < 4.78 is 0. The van der Waals surface area contributed by atoms with E-state index in [1.165, 1.54) is 37.0 Å². The molecule has 1 aromatic carbocycles. The topological polar surface area (TPSA) is 20.2 Å². The van der Waals surface area contributed by atoms with Crippen molar-refractivity contribution in [3.63, 3.8) is 0 Å². The van der Waals surface area contributed by atoms with Crippen LogP contribution in [0, 0.1) is 5.92 Å². The zero-order valence-corrected chi connectivity index (χ0v) is 11.5. The van der Waals surface area contributed by atoms with Crippen LogP contribution >= 0.6 is 23.4 Å². The molecule has 1 unspecified atom stereocenters. The largest absolute Gasteiger partial charge is 0.392 e. The molecule has 1 fully saturated rings. The van der Waals surface area contributed by atoms with Crippen LogP contribution in [0.3, 0.4) is 0 Å². The molecule has 0 amide bonds. The number of aliphatic hydroxyl groups is 1. The highest BCUT2D eigenvalue weighted by Gasteiger charge is 2.21. The normalized spacial score (nSPS) is 19.2. The van der Waals surface area contributed by atoms with Crippen LogP contribution in [0.5, 0.6) is 0 Å². The first kappa shape index (κ1) is 13.3. The number of hydrogen-bond donors (Lipinski definition) is 1. The SMILES string of the molecule is OC(CSc1ccc(Cl)cc1)C1CCCCC1. The smallest absolute Gasteiger partial charge is 0.0662 e. The quantitative estimate of drug-likeness (QED) is 0.820. The van der Waals surface area contributed by atoms with Gasteiger partial charge in [0.25, 0.3) is 0 Å². The first-order chi connectivity index (χ1) is 8.25. The average molecular weight is 271 g/mol. The van der Waals surface area contributed by atoms with E-state index in [9.17, 15) is 5.11 Å². The van der Waals surface area contributed by atoms with Crippen LogP contribution in [0.15, 0.2) is 29.2 Å². The zero-order chi connectivity index (χ0) is 12.1. The highest BCUT2D eigenvalue weighted by Crippen LogP contribution is 2.29. The number of aliphatic hydroxyl groups excluding tert-OH is 1. The third kappa shape index (κ3) is 4.20. The summed E-state index contributed by atoms with van der Waals surface area (Å²) in [5.74, 6) is 1.32. The van der Waals surface area contributed by atoms with Crippen molar-refractivity contribution < 1.29 is 5.11 Å². The molecule has 0 spiro atoms. The van der Waals surface area contributed by atoms with Crippen molar-refractivity contribution >= 4 is 23.4 Å². The fourth-order valence-electron chi connectivity index (χ4n) is 2.37. The third-order valence-corrected chi connectivity index (χ3v) is 4.79. The molecule has 17 heavy (non-hydrogen) atoms. The highest BCUT2D eigenvalue weighted by atomic mass is 35.5. The fourth-order valence-corrected chi connectivity index (χ4v) is 3.46. The molecular formula is C14H19ClOS. The minimum atomic E-state index is -0.157. The lowest BCUT2D eigenvalue weighted by molar-refractivity contribution is 0.105. The Bertz CT molecular complexity index is 333. The van der Waals surface area contributed by atoms with Crippen LogP contribution in [-0.2, 0) is 0 Å². The Balaban J connectivity index is 1.78. The van der Waals surface area contributed by atoms with E-state index in [1.54, 1.807) is 11.8 Å². The first-order valence-corrected chi connectivity index (χ1v) is 7.68. The lowest BCUT2D eigenvalue weighted by Crippen LogP contribution is -2.24. The van der Waals surface area contributed by atoms with Crippen LogP contribution in [0.4, 0.5) is 0 Å². The Morgan fingerprint density at radius 3 is 2.47 bits per heavy atom. The minimum absolute atomic E-state index is 0.157. The van der Waals surface area contributed by atoms with Crippen molar-refractivity contribution in [2.24, 2.45) is 5.92 Å². The molecule has 1 N–H and O–H groups in total. The number of hydrogen-bond acceptors (Lipinski definition) is 2. The second kappa shape index (κ2) is 6.67. The van der Waals surface area contributed by atoms with Crippen LogP contribution < -0.4 is 0 Å². The van der Waals surface area contributed by atoms with Gasteiger partial charge in [-0.05, 0) is 43.0 Å². The van der Waals surface area contributed by atoms with Crippen LogP contribution in [-0.4, -0.2) is 17.0 Å². The Hall–Kier alpha value is -0.180. The molecular weight excluding hydrogens is 252 g/mol. The lowest BCUT2D eigenvalue weighted by atomic mass is 9.86. The van der Waals surface area contributed by atoms with Gasteiger partial charge in [0, 0.05) is 15.7 Å². The number of halogens is 1. The van der Waals surface area contributed by atoms with Crippen LogP contribution in [0.2, 0.25) is 5.02 Å². The van der Waals surface area contributed by atoms with E-state index in [1.807, 2.05) is 24.3 Å². The Kier molecular flexibility index (Phi) is 5.20. The van der Waals surface area contributed by atoms with Gasteiger partial charge >= 0.3 is 0 Å². The fraction of sp³-hybridized carbons (Fsp3) is 0.571. The standard InChI is InChI=1S/C14H19ClOS/c15-12-6-8-13(9-7-12)17-10-14(16)11-4-2-1-3-5-11/h6-9,11,14,16H,1-5,10H2. The van der Waals surface area contributed by atoms with Crippen LogP contribution in [0.1, 0.15) is 32.1 Å². The van der Waals surface area contributed by atoms with Crippen molar-refractivity contribution in [2.45, 2.75) is 43.1 Å². The van der Waals surface area contributed by atoms with Crippen molar-refractivity contribution in [1.29, 1.82) is 0 Å². The highest BCUT2D eigenvalue weighted by molar-refractivity contribution is 7.99. The van der Waals surface area contributed by atoms with Crippen molar-refractivity contribution in [2.75, 3.05) is 5.75 Å². The lowest BCUT2D eigenvalue weighted by Gasteiger charge is -2.26. The van der Waals surface area contributed by atoms with Gasteiger partial charge in [0.1, 0.15) is 0 Å². The summed E-state index contributed by atoms with van der Waals surface area (Å²) in [6.07, 6.45) is 6.15. The van der Waals surface area contributed by atoms with E-state index in [2.05, 4.69) is 0 Å². The molecule has 1 aromatic rings. The maximum absolute atomic E-state index is 10.1. The molecule has 1 saturated carbocycles. The molecule has 1 aliphatic carbocycles. The van der Waals surface area contributed by atoms with Gasteiger partial charge in [-0.3, -0.25) is 0 Å². The van der Waals surface area contributed by atoms with Crippen LogP contribution in [0.25, 0.3) is 0 Å². The zero-order valence-electron chi connectivity index (χ0n) is 9.94. The summed E-state index contributed by atoms with van der Waals surface area (Å²) in [4.78, 5) is 1.18. The predicted octanol–water partition coefficient (Wildman–Crippen LogP) is 4.37. The second-order valence-corrected chi connectivity index (χ2v) is 6.26. The number of thioether (sulfide) groups is 1. The molecule has 1 nitrogen and oxygen atoms in total. The molecule has 0 heterocycles. The molecule has 94 valence electrons. The number of rotatable bonds is 4. The molecule has 0 radical (unpaired) electrons. The summed E-state index contributed by atoms with van der Waals surface area (Å²) in [7, 11) is 0. The summed E-state index contributed by atoms with van der Waals surface area (Å²) in [5, 5.41) is 10.9. The Morgan fingerprint density at radius 1 is 1.18 bits per heavy atom. The molecule has 0 aromatic heterocycles. The van der Waals surface area contributed by atoms with Gasteiger partial charge in [0.05, 0.1) is 6.10 Å². The Morgan fingerprint density at radius 2 is 1.82 bits per heavy atom. The van der Waals surface area contributed by atoms with E-state index < -0.39 is 0 Å². The second-order valence-electron chi connectivity index (χ2n) is 4.73. The Labute approximate surface area is 113 Å². The molecule has 1 atom stereocenters. The predicted molar refractivity (Wildman–Crippen MR) is 74.8 cm³/mol. The first-order valence-electron chi connectivity index (χ1n) is 6.32. The molecule has 0 aliphatic heterocycles. The van der Waals surface area contributed by atoms with Gasteiger partial charge < -0.3 is 5.11 Å². The summed E-state index contributed by atoms with van der Waals surface area (Å²) >= 11 is 7.56. The van der Waals surface area contributed by atoms with E-state index in [0.717, 1.165) is 10.8 Å². The van der Waals surface area contributed by atoms with Gasteiger partial charge in [-0.25, -0.2) is 0 Å². The van der Waals surface area contributed by atoms with Gasteiger partial charge in [-0.15, -0.1) is 11.8 Å². The molecule has 0 bridgehead atoms.